The van der Waals surface area contributed by atoms with E-state index in [1.165, 1.54) is 29.2 Å². The van der Waals surface area contributed by atoms with Crippen molar-refractivity contribution in [1.82, 2.24) is 10.2 Å². The van der Waals surface area contributed by atoms with Gasteiger partial charge in [-0.2, -0.15) is 0 Å². The van der Waals surface area contributed by atoms with Crippen LogP contribution in [0.2, 0.25) is 0 Å². The second-order valence-corrected chi connectivity index (χ2v) is 13.3. The molecule has 0 aliphatic carbocycles. The van der Waals surface area contributed by atoms with E-state index in [1.54, 1.807) is 44.2 Å². The van der Waals surface area contributed by atoms with E-state index in [-0.39, 0.29) is 17.3 Å². The first-order valence-corrected chi connectivity index (χ1v) is 15.1. The van der Waals surface area contributed by atoms with Crippen molar-refractivity contribution in [2.75, 3.05) is 10.8 Å². The zero-order valence-corrected chi connectivity index (χ0v) is 25.7. The number of amides is 2. The molecule has 9 heteroatoms. The van der Waals surface area contributed by atoms with Gasteiger partial charge in [-0.3, -0.25) is 13.9 Å². The molecule has 7 nitrogen and oxygen atoms in total. The Kier molecular flexibility index (Phi) is 9.97. The SMILES string of the molecule is CCC(C(=O)NC(C)(C)C)N(Cc1ccc(F)cc1)C(=O)CN(c1cc(C)ccc1C)S(=O)(=O)c1ccc(C)cc1. The number of nitrogens with zero attached hydrogens (tertiary/aromatic N) is 2. The molecule has 0 fully saturated rings. The number of anilines is 1. The van der Waals surface area contributed by atoms with E-state index < -0.39 is 39.9 Å². The van der Waals surface area contributed by atoms with Crippen LogP contribution in [0.25, 0.3) is 0 Å². The maximum atomic E-state index is 14.2. The number of benzene rings is 3. The van der Waals surface area contributed by atoms with Gasteiger partial charge in [0.1, 0.15) is 18.4 Å². The van der Waals surface area contributed by atoms with Crippen molar-refractivity contribution in [3.8, 4) is 0 Å². The van der Waals surface area contributed by atoms with E-state index in [0.29, 0.717) is 23.2 Å². The fraction of sp³-hybridized carbons (Fsp3) is 0.375. The van der Waals surface area contributed by atoms with Crippen molar-refractivity contribution in [3.63, 3.8) is 0 Å². The Balaban J connectivity index is 2.11. The number of sulfonamides is 1. The van der Waals surface area contributed by atoms with Gasteiger partial charge in [-0.1, -0.05) is 48.9 Å². The minimum Gasteiger partial charge on any atom is -0.350 e. The average Bonchev–Trinajstić information content (AvgIpc) is 2.89. The smallest absolute Gasteiger partial charge is 0.264 e. The number of nitrogens with one attached hydrogen (secondary N) is 1. The van der Waals surface area contributed by atoms with Crippen LogP contribution in [0.1, 0.15) is 56.4 Å². The van der Waals surface area contributed by atoms with Gasteiger partial charge in [0, 0.05) is 12.1 Å². The molecule has 220 valence electrons. The lowest BCUT2D eigenvalue weighted by Crippen LogP contribution is -2.55. The lowest BCUT2D eigenvalue weighted by Gasteiger charge is -2.35. The number of hydrogen-bond donors (Lipinski definition) is 1. The van der Waals surface area contributed by atoms with Crippen molar-refractivity contribution in [2.24, 2.45) is 0 Å². The van der Waals surface area contributed by atoms with E-state index in [0.717, 1.165) is 15.4 Å². The highest BCUT2D eigenvalue weighted by Gasteiger charge is 2.35. The quantitative estimate of drug-likeness (QED) is 0.334. The summed E-state index contributed by atoms with van der Waals surface area (Å²) < 4.78 is 42.9. The van der Waals surface area contributed by atoms with Crippen molar-refractivity contribution < 1.29 is 22.4 Å². The summed E-state index contributed by atoms with van der Waals surface area (Å²) in [6.07, 6.45) is 0.295. The van der Waals surface area contributed by atoms with Gasteiger partial charge in [-0.15, -0.1) is 0 Å². The maximum Gasteiger partial charge on any atom is 0.264 e. The van der Waals surface area contributed by atoms with E-state index in [9.17, 15) is 22.4 Å². The highest BCUT2D eigenvalue weighted by Crippen LogP contribution is 2.29. The molecule has 0 aliphatic rings. The Bertz CT molecular complexity index is 1480. The van der Waals surface area contributed by atoms with Crippen LogP contribution in [0.5, 0.6) is 0 Å². The molecule has 0 saturated carbocycles. The molecule has 0 saturated heterocycles. The van der Waals surface area contributed by atoms with Crippen LogP contribution in [-0.4, -0.2) is 43.3 Å². The zero-order chi connectivity index (χ0) is 30.5. The second kappa shape index (κ2) is 12.9. The fourth-order valence-electron chi connectivity index (χ4n) is 4.50. The van der Waals surface area contributed by atoms with Crippen LogP contribution in [0.15, 0.2) is 71.6 Å². The number of carbonyl (C=O) groups is 2. The molecule has 0 spiro atoms. The third-order valence-electron chi connectivity index (χ3n) is 6.67. The van der Waals surface area contributed by atoms with Crippen LogP contribution < -0.4 is 9.62 Å². The first kappa shape index (κ1) is 31.8. The molecule has 41 heavy (non-hydrogen) atoms. The predicted molar refractivity (Wildman–Crippen MR) is 161 cm³/mol. The van der Waals surface area contributed by atoms with Crippen molar-refractivity contribution in [2.45, 2.75) is 77.9 Å². The van der Waals surface area contributed by atoms with Gasteiger partial charge in [0.05, 0.1) is 10.6 Å². The van der Waals surface area contributed by atoms with E-state index in [4.69, 9.17) is 0 Å². The van der Waals surface area contributed by atoms with Crippen molar-refractivity contribution >= 4 is 27.5 Å². The third kappa shape index (κ3) is 8.16. The standard InChI is InChI=1S/C32H40FN3O4S/c1-8-28(31(38)34-32(5,6)7)35(20-25-13-15-26(33)16-14-25)30(37)21-36(29-19-23(3)9-12-24(29)4)41(39,40)27-17-10-22(2)11-18-27/h9-19,28H,8,20-21H2,1-7H3,(H,34,38). The molecule has 3 rings (SSSR count). The topological polar surface area (TPSA) is 86.8 Å². The normalized spacial score (nSPS) is 12.5. The molecule has 0 aliphatic heterocycles. The van der Waals surface area contributed by atoms with Gasteiger partial charge in [0.25, 0.3) is 10.0 Å². The van der Waals surface area contributed by atoms with Crippen molar-refractivity contribution in [3.05, 3.63) is 94.8 Å². The molecule has 1 unspecified atom stereocenters. The number of carbonyl (C=O) groups excluding carboxylic acids is 2. The van der Waals surface area contributed by atoms with Crippen LogP contribution in [0.4, 0.5) is 10.1 Å². The van der Waals surface area contributed by atoms with E-state index >= 15 is 0 Å². The maximum absolute atomic E-state index is 14.2. The van der Waals surface area contributed by atoms with Gasteiger partial charge >= 0.3 is 0 Å². The lowest BCUT2D eigenvalue weighted by atomic mass is 10.1. The third-order valence-corrected chi connectivity index (χ3v) is 8.45. The first-order valence-electron chi connectivity index (χ1n) is 13.6. The summed E-state index contributed by atoms with van der Waals surface area (Å²) in [5.74, 6) is -1.33. The lowest BCUT2D eigenvalue weighted by molar-refractivity contribution is -0.141. The minimum absolute atomic E-state index is 0.000399. The summed E-state index contributed by atoms with van der Waals surface area (Å²) in [5.41, 5.74) is 2.87. The number of halogens is 1. The zero-order valence-electron chi connectivity index (χ0n) is 24.9. The van der Waals surface area contributed by atoms with Gasteiger partial charge in [0.2, 0.25) is 11.8 Å². The summed E-state index contributed by atoms with van der Waals surface area (Å²) >= 11 is 0. The highest BCUT2D eigenvalue weighted by molar-refractivity contribution is 7.92. The molecule has 1 atom stereocenters. The van der Waals surface area contributed by atoms with E-state index in [1.807, 2.05) is 46.8 Å². The summed E-state index contributed by atoms with van der Waals surface area (Å²) in [7, 11) is -4.16. The van der Waals surface area contributed by atoms with Crippen molar-refractivity contribution in [1.29, 1.82) is 0 Å². The van der Waals surface area contributed by atoms with Gasteiger partial charge in [-0.25, -0.2) is 12.8 Å². The predicted octanol–water partition coefficient (Wildman–Crippen LogP) is 5.67. The van der Waals surface area contributed by atoms with Crippen LogP contribution >= 0.6 is 0 Å². The summed E-state index contributed by atoms with van der Waals surface area (Å²) in [5, 5.41) is 2.94. The Labute approximate surface area is 243 Å². The molecule has 0 heterocycles. The Morgan fingerprint density at radius 2 is 1.49 bits per heavy atom. The summed E-state index contributed by atoms with van der Waals surface area (Å²) in [6, 6.07) is 16.7. The molecule has 3 aromatic carbocycles. The Morgan fingerprint density at radius 1 is 0.902 bits per heavy atom. The van der Waals surface area contributed by atoms with Crippen LogP contribution in [-0.2, 0) is 26.2 Å². The molecule has 0 bridgehead atoms. The molecule has 1 N–H and O–H groups in total. The van der Waals surface area contributed by atoms with Gasteiger partial charge < -0.3 is 10.2 Å². The largest absolute Gasteiger partial charge is 0.350 e. The molecule has 2 amide bonds. The number of hydrogen-bond acceptors (Lipinski definition) is 4. The molecule has 3 aromatic rings. The number of aryl methyl sites for hydroxylation is 3. The fourth-order valence-corrected chi connectivity index (χ4v) is 5.97. The molecular formula is C32H40FN3O4S. The molecule has 0 radical (unpaired) electrons. The minimum atomic E-state index is -4.16. The average molecular weight is 582 g/mol. The van der Waals surface area contributed by atoms with Crippen LogP contribution in [0.3, 0.4) is 0 Å². The van der Waals surface area contributed by atoms with Gasteiger partial charge in [-0.05, 0) is 95.0 Å². The summed E-state index contributed by atoms with van der Waals surface area (Å²) in [4.78, 5) is 29.0. The first-order chi connectivity index (χ1) is 19.1. The van der Waals surface area contributed by atoms with Gasteiger partial charge in [0.15, 0.2) is 0 Å². The monoisotopic (exact) mass is 581 g/mol. The molecule has 0 aromatic heterocycles. The summed E-state index contributed by atoms with van der Waals surface area (Å²) in [6.45, 7) is 12.3. The Hall–Kier alpha value is -3.72. The Morgan fingerprint density at radius 3 is 2.05 bits per heavy atom. The van der Waals surface area contributed by atoms with Crippen LogP contribution in [0, 0.1) is 26.6 Å². The second-order valence-electron chi connectivity index (χ2n) is 11.4. The van der Waals surface area contributed by atoms with E-state index in [2.05, 4.69) is 5.32 Å². The number of rotatable bonds is 10. The molecular weight excluding hydrogens is 541 g/mol. The highest BCUT2D eigenvalue weighted by atomic mass is 32.2.